The number of ether oxygens (including phenoxy) is 1. The summed E-state index contributed by atoms with van der Waals surface area (Å²) in [6, 6.07) is 12.5. The van der Waals surface area contributed by atoms with Gasteiger partial charge in [0.1, 0.15) is 5.83 Å². The van der Waals surface area contributed by atoms with Crippen molar-refractivity contribution in [3.63, 3.8) is 0 Å². The predicted octanol–water partition coefficient (Wildman–Crippen LogP) is 5.75. The molecular formula is C20H18F4O2. The second kappa shape index (κ2) is 8.17. The molecule has 0 heterocycles. The lowest BCUT2D eigenvalue weighted by atomic mass is 9.93. The van der Waals surface area contributed by atoms with Gasteiger partial charge in [0.2, 0.25) is 0 Å². The van der Waals surface area contributed by atoms with Gasteiger partial charge in [0.25, 0.3) is 0 Å². The third kappa shape index (κ3) is 4.50. The molecule has 0 bridgehead atoms. The number of halogens is 4. The molecule has 138 valence electrons. The van der Waals surface area contributed by atoms with Crippen LogP contribution in [-0.2, 0) is 15.7 Å². The Bertz CT molecular complexity index is 795. The van der Waals surface area contributed by atoms with E-state index in [1.54, 1.807) is 37.3 Å². The second-order valence-electron chi connectivity index (χ2n) is 5.65. The predicted molar refractivity (Wildman–Crippen MR) is 91.0 cm³/mol. The van der Waals surface area contributed by atoms with Gasteiger partial charge in [-0.2, -0.15) is 13.2 Å². The topological polar surface area (TPSA) is 26.3 Å². The van der Waals surface area contributed by atoms with E-state index >= 15 is 4.39 Å². The Balaban J connectivity index is 2.52. The molecule has 0 aliphatic rings. The minimum absolute atomic E-state index is 0.0559. The van der Waals surface area contributed by atoms with Gasteiger partial charge in [0, 0.05) is 5.92 Å². The van der Waals surface area contributed by atoms with Crippen LogP contribution in [0.15, 0.2) is 60.4 Å². The Labute approximate surface area is 149 Å². The Kier molecular flexibility index (Phi) is 6.18. The molecule has 2 aromatic rings. The second-order valence-corrected chi connectivity index (χ2v) is 5.65. The van der Waals surface area contributed by atoms with E-state index in [9.17, 15) is 18.0 Å². The fourth-order valence-electron chi connectivity index (χ4n) is 2.51. The van der Waals surface area contributed by atoms with Crippen LogP contribution in [0.5, 0.6) is 0 Å². The molecule has 0 saturated carbocycles. The minimum Gasteiger partial charge on any atom is -0.462 e. The van der Waals surface area contributed by atoms with Crippen LogP contribution in [0.2, 0.25) is 0 Å². The zero-order valence-electron chi connectivity index (χ0n) is 14.3. The highest BCUT2D eigenvalue weighted by molar-refractivity contribution is 6.17. The number of rotatable bonds is 5. The fraction of sp³-hybridized carbons (Fsp3) is 0.250. The van der Waals surface area contributed by atoms with E-state index < -0.39 is 29.5 Å². The molecule has 2 rings (SSSR count). The van der Waals surface area contributed by atoms with E-state index in [-0.39, 0.29) is 17.7 Å². The van der Waals surface area contributed by atoms with Crippen molar-refractivity contribution in [1.29, 1.82) is 0 Å². The summed E-state index contributed by atoms with van der Waals surface area (Å²) in [5.74, 6) is -2.74. The summed E-state index contributed by atoms with van der Waals surface area (Å²) >= 11 is 0. The van der Waals surface area contributed by atoms with E-state index in [0.717, 1.165) is 12.1 Å². The van der Waals surface area contributed by atoms with Gasteiger partial charge in [-0.25, -0.2) is 9.18 Å². The molecule has 0 aliphatic carbocycles. The third-order valence-corrected chi connectivity index (χ3v) is 3.87. The van der Waals surface area contributed by atoms with Crippen molar-refractivity contribution in [2.75, 3.05) is 6.61 Å². The minimum atomic E-state index is -4.53. The van der Waals surface area contributed by atoms with Gasteiger partial charge >= 0.3 is 12.1 Å². The molecule has 0 saturated heterocycles. The molecule has 6 heteroatoms. The zero-order chi connectivity index (χ0) is 19.3. The molecule has 26 heavy (non-hydrogen) atoms. The molecule has 2 nitrogen and oxygen atoms in total. The van der Waals surface area contributed by atoms with E-state index in [0.29, 0.717) is 5.56 Å². The SMILES string of the molecule is CCOC(=O)/C(=C(/F)[C@H](C)c1cccc(C(F)(F)F)c1)c1ccccc1. The summed E-state index contributed by atoms with van der Waals surface area (Å²) in [7, 11) is 0. The Morgan fingerprint density at radius 2 is 1.73 bits per heavy atom. The first kappa shape index (κ1) is 19.7. The number of alkyl halides is 3. The van der Waals surface area contributed by atoms with Crippen molar-refractivity contribution in [2.24, 2.45) is 0 Å². The van der Waals surface area contributed by atoms with Crippen molar-refractivity contribution in [3.05, 3.63) is 77.1 Å². The number of benzene rings is 2. The molecular weight excluding hydrogens is 348 g/mol. The van der Waals surface area contributed by atoms with Gasteiger partial charge in [-0.05, 0) is 24.1 Å². The molecule has 0 unspecified atom stereocenters. The maximum Gasteiger partial charge on any atom is 0.416 e. The maximum atomic E-state index is 15.1. The smallest absolute Gasteiger partial charge is 0.416 e. The van der Waals surface area contributed by atoms with Gasteiger partial charge in [-0.3, -0.25) is 0 Å². The summed E-state index contributed by atoms with van der Waals surface area (Å²) < 4.78 is 58.8. The fourth-order valence-corrected chi connectivity index (χ4v) is 2.51. The normalized spacial score (nSPS) is 13.8. The lowest BCUT2D eigenvalue weighted by Crippen LogP contribution is -2.11. The van der Waals surface area contributed by atoms with Crippen LogP contribution >= 0.6 is 0 Å². The Morgan fingerprint density at radius 1 is 1.08 bits per heavy atom. The van der Waals surface area contributed by atoms with Crippen molar-refractivity contribution in [1.82, 2.24) is 0 Å². The van der Waals surface area contributed by atoms with Gasteiger partial charge in [-0.15, -0.1) is 0 Å². The van der Waals surface area contributed by atoms with Crippen LogP contribution in [0, 0.1) is 0 Å². The van der Waals surface area contributed by atoms with Crippen molar-refractivity contribution in [3.8, 4) is 0 Å². The molecule has 0 spiro atoms. The molecule has 0 radical (unpaired) electrons. The highest BCUT2D eigenvalue weighted by Crippen LogP contribution is 2.36. The molecule has 2 aromatic carbocycles. The summed E-state index contributed by atoms with van der Waals surface area (Å²) in [6.45, 7) is 3.06. The maximum absolute atomic E-state index is 15.1. The number of hydrogen-bond acceptors (Lipinski definition) is 2. The molecule has 0 aromatic heterocycles. The largest absolute Gasteiger partial charge is 0.462 e. The molecule has 1 atom stereocenters. The first-order valence-electron chi connectivity index (χ1n) is 8.05. The summed E-state index contributed by atoms with van der Waals surface area (Å²) in [5.41, 5.74) is -0.721. The molecule has 0 fully saturated rings. The van der Waals surface area contributed by atoms with Crippen LogP contribution in [0.4, 0.5) is 17.6 Å². The Morgan fingerprint density at radius 3 is 2.31 bits per heavy atom. The number of hydrogen-bond donors (Lipinski definition) is 0. The standard InChI is InChI=1S/C20H18F4O2/c1-3-26-19(25)17(14-8-5-4-6-9-14)18(21)13(2)15-10-7-11-16(12-15)20(22,23)24/h4-13H,3H2,1-2H3/b18-17+/t13-/m1/s1. The van der Waals surface area contributed by atoms with E-state index in [4.69, 9.17) is 4.74 Å². The number of carbonyl (C=O) groups is 1. The monoisotopic (exact) mass is 366 g/mol. The quantitative estimate of drug-likeness (QED) is 0.382. The van der Waals surface area contributed by atoms with E-state index in [1.807, 2.05) is 0 Å². The van der Waals surface area contributed by atoms with Crippen LogP contribution < -0.4 is 0 Å². The van der Waals surface area contributed by atoms with E-state index in [2.05, 4.69) is 0 Å². The van der Waals surface area contributed by atoms with Crippen LogP contribution in [-0.4, -0.2) is 12.6 Å². The van der Waals surface area contributed by atoms with Crippen LogP contribution in [0.25, 0.3) is 5.57 Å². The van der Waals surface area contributed by atoms with Gasteiger partial charge in [0.15, 0.2) is 0 Å². The van der Waals surface area contributed by atoms with Gasteiger partial charge in [-0.1, -0.05) is 55.5 Å². The highest BCUT2D eigenvalue weighted by atomic mass is 19.4. The van der Waals surface area contributed by atoms with Crippen molar-refractivity contribution < 1.29 is 27.1 Å². The van der Waals surface area contributed by atoms with Crippen LogP contribution in [0.3, 0.4) is 0 Å². The summed E-state index contributed by atoms with van der Waals surface area (Å²) in [6.07, 6.45) is -4.53. The average Bonchev–Trinajstić information content (AvgIpc) is 2.61. The molecule has 0 aliphatic heterocycles. The zero-order valence-corrected chi connectivity index (χ0v) is 14.3. The van der Waals surface area contributed by atoms with Crippen molar-refractivity contribution >= 4 is 11.5 Å². The first-order valence-corrected chi connectivity index (χ1v) is 8.05. The first-order chi connectivity index (χ1) is 12.3. The number of esters is 1. The Hall–Kier alpha value is -2.63. The lowest BCUT2D eigenvalue weighted by Gasteiger charge is -2.16. The average molecular weight is 366 g/mol. The molecule has 0 amide bonds. The number of allylic oxidation sites excluding steroid dienone is 1. The highest BCUT2D eigenvalue weighted by Gasteiger charge is 2.31. The van der Waals surface area contributed by atoms with Crippen molar-refractivity contribution in [2.45, 2.75) is 25.9 Å². The third-order valence-electron chi connectivity index (χ3n) is 3.87. The van der Waals surface area contributed by atoms with Gasteiger partial charge in [0.05, 0.1) is 17.7 Å². The summed E-state index contributed by atoms with van der Waals surface area (Å²) in [5, 5.41) is 0. The lowest BCUT2D eigenvalue weighted by molar-refractivity contribution is -0.138. The van der Waals surface area contributed by atoms with Crippen LogP contribution in [0.1, 0.15) is 36.5 Å². The van der Waals surface area contributed by atoms with Gasteiger partial charge < -0.3 is 4.74 Å². The summed E-state index contributed by atoms with van der Waals surface area (Å²) in [4.78, 5) is 12.2. The number of carbonyl (C=O) groups excluding carboxylic acids is 1. The van der Waals surface area contributed by atoms with E-state index in [1.165, 1.54) is 19.1 Å². The molecule has 0 N–H and O–H groups in total.